The zero-order valence-corrected chi connectivity index (χ0v) is 17.5. The summed E-state index contributed by atoms with van der Waals surface area (Å²) >= 11 is 1.41. The molecule has 1 atom stereocenters. The summed E-state index contributed by atoms with van der Waals surface area (Å²) < 4.78 is 12.9. The highest BCUT2D eigenvalue weighted by Crippen LogP contribution is 2.26. The van der Waals surface area contributed by atoms with Gasteiger partial charge in [0.05, 0.1) is 19.0 Å². The average Bonchev–Trinajstić information content (AvgIpc) is 3.34. The van der Waals surface area contributed by atoms with E-state index in [2.05, 4.69) is 33.9 Å². The Bertz CT molecular complexity index is 770. The first kappa shape index (κ1) is 20.7. The molecular weight excluding hydrogens is 376 g/mol. The van der Waals surface area contributed by atoms with Gasteiger partial charge in [-0.2, -0.15) is 0 Å². The van der Waals surface area contributed by atoms with Crippen LogP contribution >= 0.6 is 11.8 Å². The first-order valence-electron chi connectivity index (χ1n) is 9.65. The first-order chi connectivity index (χ1) is 13.6. The van der Waals surface area contributed by atoms with Crippen LogP contribution < -0.4 is 10.1 Å². The van der Waals surface area contributed by atoms with Crippen LogP contribution in [0.1, 0.15) is 26.7 Å². The number of methoxy groups -OCH3 is 1. The Kier molecular flexibility index (Phi) is 7.33. The van der Waals surface area contributed by atoms with Crippen molar-refractivity contribution in [2.75, 3.05) is 26.0 Å². The number of carbonyl (C=O) groups excluding carboxylic acids is 1. The molecule has 0 radical (unpaired) electrons. The van der Waals surface area contributed by atoms with E-state index < -0.39 is 0 Å². The molecule has 1 aromatic heterocycles. The van der Waals surface area contributed by atoms with Crippen LogP contribution in [-0.4, -0.2) is 52.8 Å². The molecule has 0 unspecified atom stereocenters. The van der Waals surface area contributed by atoms with Gasteiger partial charge in [-0.05, 0) is 43.0 Å². The Morgan fingerprint density at radius 1 is 1.36 bits per heavy atom. The van der Waals surface area contributed by atoms with Crippen LogP contribution in [0.3, 0.4) is 0 Å². The molecular formula is C20H28N4O3S. The number of amides is 1. The van der Waals surface area contributed by atoms with Crippen LogP contribution in [0.5, 0.6) is 5.75 Å². The topological polar surface area (TPSA) is 78.3 Å². The van der Waals surface area contributed by atoms with Gasteiger partial charge in [0.15, 0.2) is 11.0 Å². The molecule has 1 N–H and O–H groups in total. The zero-order chi connectivity index (χ0) is 19.9. The number of rotatable bonds is 9. The van der Waals surface area contributed by atoms with Crippen molar-refractivity contribution in [3.05, 3.63) is 24.3 Å². The van der Waals surface area contributed by atoms with E-state index in [-0.39, 0.29) is 12.0 Å². The van der Waals surface area contributed by atoms with Crippen molar-refractivity contribution >= 4 is 17.7 Å². The molecule has 1 aliphatic heterocycles. The molecule has 152 valence electrons. The maximum absolute atomic E-state index is 12.2. The zero-order valence-electron chi connectivity index (χ0n) is 16.7. The maximum atomic E-state index is 12.2. The lowest BCUT2D eigenvalue weighted by Crippen LogP contribution is -2.33. The maximum Gasteiger partial charge on any atom is 0.230 e. The SMILES string of the molecule is COc1ccc(-c2nnc(SCC(=O)NC[C@H]3CCCO3)n2CC(C)C)cc1. The Labute approximate surface area is 170 Å². The predicted molar refractivity (Wildman–Crippen MR) is 110 cm³/mol. The number of nitrogens with zero attached hydrogens (tertiary/aromatic N) is 3. The highest BCUT2D eigenvalue weighted by atomic mass is 32.2. The molecule has 0 aliphatic carbocycles. The van der Waals surface area contributed by atoms with E-state index in [4.69, 9.17) is 9.47 Å². The van der Waals surface area contributed by atoms with Gasteiger partial charge >= 0.3 is 0 Å². The highest BCUT2D eigenvalue weighted by molar-refractivity contribution is 7.99. The van der Waals surface area contributed by atoms with E-state index in [9.17, 15) is 4.79 Å². The second kappa shape index (κ2) is 9.93. The molecule has 8 heteroatoms. The standard InChI is InChI=1S/C20H28N4O3S/c1-14(2)12-24-19(15-6-8-16(26-3)9-7-15)22-23-20(24)28-13-18(25)21-11-17-5-4-10-27-17/h6-9,14,17H,4-5,10-13H2,1-3H3,(H,21,25)/t17-/m1/s1. The van der Waals surface area contributed by atoms with Gasteiger partial charge < -0.3 is 19.4 Å². The van der Waals surface area contributed by atoms with Crippen LogP contribution in [-0.2, 0) is 16.1 Å². The van der Waals surface area contributed by atoms with Crippen molar-refractivity contribution in [1.29, 1.82) is 0 Å². The summed E-state index contributed by atoms with van der Waals surface area (Å²) in [6.07, 6.45) is 2.24. The molecule has 0 saturated carbocycles. The van der Waals surface area contributed by atoms with Gasteiger partial charge in [0.1, 0.15) is 5.75 Å². The van der Waals surface area contributed by atoms with E-state index in [0.717, 1.165) is 48.3 Å². The van der Waals surface area contributed by atoms with Gasteiger partial charge in [-0.1, -0.05) is 25.6 Å². The first-order valence-corrected chi connectivity index (χ1v) is 10.6. The number of hydrogen-bond donors (Lipinski definition) is 1. The quantitative estimate of drug-likeness (QED) is 0.648. The number of carbonyl (C=O) groups is 1. The number of hydrogen-bond acceptors (Lipinski definition) is 6. The van der Waals surface area contributed by atoms with Crippen molar-refractivity contribution in [2.24, 2.45) is 5.92 Å². The average molecular weight is 405 g/mol. The lowest BCUT2D eigenvalue weighted by molar-refractivity contribution is -0.119. The minimum absolute atomic E-state index is 0.00871. The summed E-state index contributed by atoms with van der Waals surface area (Å²) in [5, 5.41) is 12.4. The highest BCUT2D eigenvalue weighted by Gasteiger charge is 2.18. The lowest BCUT2D eigenvalue weighted by atomic mass is 10.2. The molecule has 2 heterocycles. The summed E-state index contributed by atoms with van der Waals surface area (Å²) in [5.41, 5.74) is 0.976. The van der Waals surface area contributed by atoms with Crippen molar-refractivity contribution in [3.63, 3.8) is 0 Å². The molecule has 2 aromatic rings. The fourth-order valence-corrected chi connectivity index (χ4v) is 3.87. The monoisotopic (exact) mass is 404 g/mol. The molecule has 0 spiro atoms. The van der Waals surface area contributed by atoms with E-state index in [1.165, 1.54) is 11.8 Å². The number of nitrogens with one attached hydrogen (secondary N) is 1. The minimum Gasteiger partial charge on any atom is -0.497 e. The minimum atomic E-state index is -0.00871. The number of thioether (sulfide) groups is 1. The van der Waals surface area contributed by atoms with Crippen LogP contribution in [0.4, 0.5) is 0 Å². The third-order valence-electron chi connectivity index (χ3n) is 4.50. The number of aromatic nitrogens is 3. The summed E-state index contributed by atoms with van der Waals surface area (Å²) in [5.74, 6) is 2.34. The molecule has 28 heavy (non-hydrogen) atoms. The number of ether oxygens (including phenoxy) is 2. The largest absolute Gasteiger partial charge is 0.497 e. The van der Waals surface area contributed by atoms with Gasteiger partial charge in [-0.25, -0.2) is 0 Å². The second-order valence-electron chi connectivity index (χ2n) is 7.27. The molecule has 1 amide bonds. The summed E-state index contributed by atoms with van der Waals surface area (Å²) in [4.78, 5) is 12.2. The van der Waals surface area contributed by atoms with Crippen molar-refractivity contribution in [1.82, 2.24) is 20.1 Å². The van der Waals surface area contributed by atoms with E-state index in [1.54, 1.807) is 7.11 Å². The molecule has 1 aliphatic rings. The van der Waals surface area contributed by atoms with Gasteiger partial charge in [0.2, 0.25) is 5.91 Å². The van der Waals surface area contributed by atoms with Crippen molar-refractivity contribution in [3.8, 4) is 17.1 Å². The van der Waals surface area contributed by atoms with Crippen LogP contribution in [0.2, 0.25) is 0 Å². The summed E-state index contributed by atoms with van der Waals surface area (Å²) in [7, 11) is 1.65. The van der Waals surface area contributed by atoms with Gasteiger partial charge in [-0.15, -0.1) is 10.2 Å². The Morgan fingerprint density at radius 3 is 2.79 bits per heavy atom. The molecule has 7 nitrogen and oxygen atoms in total. The molecule has 0 bridgehead atoms. The molecule has 1 saturated heterocycles. The van der Waals surface area contributed by atoms with E-state index in [0.29, 0.717) is 18.2 Å². The Morgan fingerprint density at radius 2 is 2.14 bits per heavy atom. The molecule has 3 rings (SSSR count). The fourth-order valence-electron chi connectivity index (χ4n) is 3.09. The summed E-state index contributed by atoms with van der Waals surface area (Å²) in [6, 6.07) is 7.77. The van der Waals surface area contributed by atoms with E-state index >= 15 is 0 Å². The van der Waals surface area contributed by atoms with Gasteiger partial charge in [0, 0.05) is 25.3 Å². The summed E-state index contributed by atoms with van der Waals surface area (Å²) in [6.45, 7) is 6.46. The Hall–Kier alpha value is -2.06. The predicted octanol–water partition coefficient (Wildman–Crippen LogP) is 3.00. The fraction of sp³-hybridized carbons (Fsp3) is 0.550. The van der Waals surface area contributed by atoms with Crippen molar-refractivity contribution < 1.29 is 14.3 Å². The smallest absolute Gasteiger partial charge is 0.230 e. The van der Waals surface area contributed by atoms with Crippen molar-refractivity contribution in [2.45, 2.75) is 44.5 Å². The third kappa shape index (κ3) is 5.48. The van der Waals surface area contributed by atoms with Gasteiger partial charge in [0.25, 0.3) is 0 Å². The lowest BCUT2D eigenvalue weighted by Gasteiger charge is -2.13. The molecule has 1 aromatic carbocycles. The van der Waals surface area contributed by atoms with Crippen LogP contribution in [0, 0.1) is 5.92 Å². The number of benzene rings is 1. The third-order valence-corrected chi connectivity index (χ3v) is 5.46. The normalized spacial score (nSPS) is 16.5. The van der Waals surface area contributed by atoms with Crippen LogP contribution in [0.15, 0.2) is 29.4 Å². The van der Waals surface area contributed by atoms with Gasteiger partial charge in [-0.3, -0.25) is 4.79 Å². The van der Waals surface area contributed by atoms with E-state index in [1.807, 2.05) is 24.3 Å². The Balaban J connectivity index is 1.66. The van der Waals surface area contributed by atoms with Crippen LogP contribution in [0.25, 0.3) is 11.4 Å². The molecule has 1 fully saturated rings. The second-order valence-corrected chi connectivity index (χ2v) is 8.21.